The molecule has 22 heavy (non-hydrogen) atoms. The van der Waals surface area contributed by atoms with Crippen LogP contribution in [0.25, 0.3) is 0 Å². The number of hydrogen-bond acceptors (Lipinski definition) is 3. The first kappa shape index (κ1) is 17.4. The van der Waals surface area contributed by atoms with Gasteiger partial charge in [0.05, 0.1) is 0 Å². The van der Waals surface area contributed by atoms with Crippen LogP contribution in [0, 0.1) is 5.92 Å². The van der Waals surface area contributed by atoms with Crippen molar-refractivity contribution in [1.82, 2.24) is 4.90 Å². The maximum Gasteiger partial charge on any atom is 0.410 e. The summed E-state index contributed by atoms with van der Waals surface area (Å²) >= 11 is 12.4. The third kappa shape index (κ3) is 4.06. The van der Waals surface area contributed by atoms with Crippen LogP contribution in [0.3, 0.4) is 0 Å². The van der Waals surface area contributed by atoms with Gasteiger partial charge in [-0.3, -0.25) is 0 Å². The highest BCUT2D eigenvalue weighted by Gasteiger charge is 2.38. The van der Waals surface area contributed by atoms with Crippen LogP contribution in [-0.4, -0.2) is 36.2 Å². The van der Waals surface area contributed by atoms with Crippen molar-refractivity contribution in [1.29, 1.82) is 0 Å². The highest BCUT2D eigenvalue weighted by atomic mass is 35.5. The van der Waals surface area contributed by atoms with Crippen LogP contribution in [0.4, 0.5) is 4.79 Å². The van der Waals surface area contributed by atoms with E-state index in [-0.39, 0.29) is 17.9 Å². The molecule has 1 aliphatic rings. The zero-order valence-electron chi connectivity index (χ0n) is 13.1. The van der Waals surface area contributed by atoms with E-state index in [1.807, 2.05) is 26.8 Å². The van der Waals surface area contributed by atoms with Crippen molar-refractivity contribution in [2.45, 2.75) is 32.3 Å². The van der Waals surface area contributed by atoms with E-state index in [0.29, 0.717) is 29.7 Å². The van der Waals surface area contributed by atoms with Crippen LogP contribution < -0.4 is 5.73 Å². The van der Waals surface area contributed by atoms with Gasteiger partial charge in [0.15, 0.2) is 0 Å². The van der Waals surface area contributed by atoms with Crippen LogP contribution in [0.15, 0.2) is 18.2 Å². The molecular weight excluding hydrogens is 323 g/mol. The van der Waals surface area contributed by atoms with Crippen molar-refractivity contribution in [3.63, 3.8) is 0 Å². The molecule has 1 aliphatic heterocycles. The average Bonchev–Trinajstić information content (AvgIpc) is 2.83. The van der Waals surface area contributed by atoms with Crippen LogP contribution in [-0.2, 0) is 4.74 Å². The second kappa shape index (κ2) is 6.65. The van der Waals surface area contributed by atoms with E-state index >= 15 is 0 Å². The number of halogens is 2. The molecule has 2 rings (SSSR count). The number of rotatable bonds is 2. The van der Waals surface area contributed by atoms with Crippen LogP contribution in [0.5, 0.6) is 0 Å². The Morgan fingerprint density at radius 3 is 2.64 bits per heavy atom. The summed E-state index contributed by atoms with van der Waals surface area (Å²) in [6, 6.07) is 5.39. The van der Waals surface area contributed by atoms with Crippen molar-refractivity contribution in [3.8, 4) is 0 Å². The highest BCUT2D eigenvalue weighted by molar-refractivity contribution is 6.33. The third-order valence-corrected chi connectivity index (χ3v) is 4.33. The lowest BCUT2D eigenvalue weighted by molar-refractivity contribution is 0.0287. The number of hydrogen-bond donors (Lipinski definition) is 1. The minimum absolute atomic E-state index is 0.0729. The zero-order valence-corrected chi connectivity index (χ0v) is 14.6. The van der Waals surface area contributed by atoms with Crippen LogP contribution in [0.1, 0.15) is 32.3 Å². The molecule has 0 unspecified atom stereocenters. The quantitative estimate of drug-likeness (QED) is 0.884. The van der Waals surface area contributed by atoms with Crippen molar-refractivity contribution >= 4 is 29.3 Å². The van der Waals surface area contributed by atoms with E-state index in [1.54, 1.807) is 17.0 Å². The summed E-state index contributed by atoms with van der Waals surface area (Å²) < 4.78 is 5.44. The minimum atomic E-state index is -0.513. The Bertz CT molecular complexity index is 558. The van der Waals surface area contributed by atoms with Gasteiger partial charge in [0.2, 0.25) is 0 Å². The SMILES string of the molecule is CC(C)(C)OC(=O)N1C[C@H](CN)[C@@H](c2cc(Cl)ccc2Cl)C1. The normalized spacial score (nSPS) is 22.0. The fourth-order valence-electron chi connectivity index (χ4n) is 2.74. The lowest BCUT2D eigenvalue weighted by Crippen LogP contribution is -2.35. The lowest BCUT2D eigenvalue weighted by atomic mass is 9.89. The maximum atomic E-state index is 12.3. The number of carbonyl (C=O) groups excluding carboxylic acids is 1. The summed E-state index contributed by atoms with van der Waals surface area (Å²) in [5.41, 5.74) is 6.31. The highest BCUT2D eigenvalue weighted by Crippen LogP contribution is 2.37. The van der Waals surface area contributed by atoms with Crippen molar-refractivity contribution < 1.29 is 9.53 Å². The molecule has 1 amide bonds. The molecule has 0 radical (unpaired) electrons. The molecule has 122 valence electrons. The lowest BCUT2D eigenvalue weighted by Gasteiger charge is -2.24. The van der Waals surface area contributed by atoms with Crippen LogP contribution in [0.2, 0.25) is 10.0 Å². The van der Waals surface area contributed by atoms with Gasteiger partial charge >= 0.3 is 6.09 Å². The zero-order chi connectivity index (χ0) is 16.5. The molecule has 0 aliphatic carbocycles. The molecule has 1 saturated heterocycles. The summed E-state index contributed by atoms with van der Waals surface area (Å²) in [5.74, 6) is 0.215. The smallest absolute Gasteiger partial charge is 0.410 e. The van der Waals surface area contributed by atoms with E-state index in [4.69, 9.17) is 33.7 Å². The molecule has 1 fully saturated rings. The minimum Gasteiger partial charge on any atom is -0.444 e. The van der Waals surface area contributed by atoms with Gasteiger partial charge < -0.3 is 15.4 Å². The molecule has 1 aromatic carbocycles. The van der Waals surface area contributed by atoms with Gasteiger partial charge in [-0.15, -0.1) is 0 Å². The predicted molar refractivity (Wildman–Crippen MR) is 89.6 cm³/mol. The molecule has 0 aromatic heterocycles. The predicted octanol–water partition coefficient (Wildman–Crippen LogP) is 3.90. The molecule has 6 heteroatoms. The van der Waals surface area contributed by atoms with E-state index in [1.165, 1.54) is 0 Å². The largest absolute Gasteiger partial charge is 0.444 e. The second-order valence-electron chi connectivity index (χ2n) is 6.65. The molecule has 1 heterocycles. The summed E-state index contributed by atoms with van der Waals surface area (Å²) in [6.45, 7) is 7.15. The van der Waals surface area contributed by atoms with E-state index in [0.717, 1.165) is 5.56 Å². The molecule has 2 N–H and O–H groups in total. The Labute approximate surface area is 141 Å². The Balaban J connectivity index is 2.19. The topological polar surface area (TPSA) is 55.6 Å². The summed E-state index contributed by atoms with van der Waals surface area (Å²) in [4.78, 5) is 14.0. The fourth-order valence-corrected chi connectivity index (χ4v) is 3.17. The summed E-state index contributed by atoms with van der Waals surface area (Å²) in [7, 11) is 0. The Morgan fingerprint density at radius 2 is 2.05 bits per heavy atom. The van der Waals surface area contributed by atoms with Crippen molar-refractivity contribution in [2.24, 2.45) is 11.7 Å². The van der Waals surface area contributed by atoms with Gasteiger partial charge in [-0.25, -0.2) is 4.79 Å². The van der Waals surface area contributed by atoms with E-state index in [2.05, 4.69) is 0 Å². The molecule has 0 bridgehead atoms. The Hall–Kier alpha value is -0.970. The number of nitrogens with zero attached hydrogens (tertiary/aromatic N) is 1. The number of carbonyl (C=O) groups is 1. The van der Waals surface area contributed by atoms with Crippen molar-refractivity contribution in [2.75, 3.05) is 19.6 Å². The molecular formula is C16H22Cl2N2O2. The van der Waals surface area contributed by atoms with E-state index < -0.39 is 5.60 Å². The first-order chi connectivity index (χ1) is 10.2. The number of nitrogens with two attached hydrogens (primary N) is 1. The Morgan fingerprint density at radius 1 is 1.36 bits per heavy atom. The molecule has 4 nitrogen and oxygen atoms in total. The van der Waals surface area contributed by atoms with E-state index in [9.17, 15) is 4.79 Å². The number of amides is 1. The second-order valence-corrected chi connectivity index (χ2v) is 7.50. The number of likely N-dealkylation sites (tertiary alicyclic amines) is 1. The number of benzene rings is 1. The first-order valence-electron chi connectivity index (χ1n) is 7.34. The van der Waals surface area contributed by atoms with Gasteiger partial charge in [0.1, 0.15) is 5.60 Å². The van der Waals surface area contributed by atoms with Crippen LogP contribution >= 0.6 is 23.2 Å². The Kier molecular flexibility index (Phi) is 5.25. The van der Waals surface area contributed by atoms with Gasteiger partial charge in [-0.2, -0.15) is 0 Å². The fraction of sp³-hybridized carbons (Fsp3) is 0.562. The monoisotopic (exact) mass is 344 g/mol. The maximum absolute atomic E-state index is 12.3. The van der Waals surface area contributed by atoms with Gasteiger partial charge in [-0.05, 0) is 57.0 Å². The van der Waals surface area contributed by atoms with Gasteiger partial charge in [-0.1, -0.05) is 23.2 Å². The molecule has 2 atom stereocenters. The summed E-state index contributed by atoms with van der Waals surface area (Å²) in [6.07, 6.45) is -0.313. The van der Waals surface area contributed by atoms with Crippen molar-refractivity contribution in [3.05, 3.63) is 33.8 Å². The van der Waals surface area contributed by atoms with Gasteiger partial charge in [0.25, 0.3) is 0 Å². The van der Waals surface area contributed by atoms with Gasteiger partial charge in [0, 0.05) is 29.1 Å². The average molecular weight is 345 g/mol. The number of ether oxygens (including phenoxy) is 1. The molecule has 1 aromatic rings. The third-order valence-electron chi connectivity index (χ3n) is 3.75. The molecule has 0 saturated carbocycles. The molecule has 0 spiro atoms. The standard InChI is InChI=1S/C16H22Cl2N2O2/c1-16(2,3)22-15(21)20-8-10(7-19)13(9-20)12-6-11(17)4-5-14(12)18/h4-6,10,13H,7-9,19H2,1-3H3/t10-,13-/m0/s1. The first-order valence-corrected chi connectivity index (χ1v) is 8.10. The summed E-state index contributed by atoms with van der Waals surface area (Å²) in [5, 5.41) is 1.28.